The summed E-state index contributed by atoms with van der Waals surface area (Å²) in [5.74, 6) is 1.77. The summed E-state index contributed by atoms with van der Waals surface area (Å²) in [5, 5.41) is 4.42. The summed E-state index contributed by atoms with van der Waals surface area (Å²) < 4.78 is 12.2. The van der Waals surface area contributed by atoms with Crippen LogP contribution in [-0.2, 0) is 4.79 Å². The summed E-state index contributed by atoms with van der Waals surface area (Å²) in [6, 6.07) is 12.5. The second-order valence-electron chi connectivity index (χ2n) is 9.66. The van der Waals surface area contributed by atoms with E-state index in [1.807, 2.05) is 18.2 Å². The minimum atomic E-state index is -0.720. The van der Waals surface area contributed by atoms with Crippen LogP contribution in [0.2, 0.25) is 0 Å². The van der Waals surface area contributed by atoms with Crippen LogP contribution in [0.5, 0.6) is 11.5 Å². The monoisotopic (exact) mass is 464 g/mol. The summed E-state index contributed by atoms with van der Waals surface area (Å²) >= 11 is 1.63. The van der Waals surface area contributed by atoms with Gasteiger partial charge < -0.3 is 14.8 Å². The highest BCUT2D eigenvalue weighted by atomic mass is 32.2. The summed E-state index contributed by atoms with van der Waals surface area (Å²) in [6.45, 7) is 13.8. The number of aliphatic imine (C=N–C) groups is 1. The zero-order chi connectivity index (χ0) is 23.8. The van der Waals surface area contributed by atoms with Crippen molar-refractivity contribution in [2.24, 2.45) is 4.99 Å². The molecule has 2 atom stereocenters. The van der Waals surface area contributed by atoms with Crippen LogP contribution in [-0.4, -0.2) is 28.2 Å². The third-order valence-electron chi connectivity index (χ3n) is 6.04. The average molecular weight is 465 g/mol. The number of benzene rings is 2. The molecule has 0 aliphatic carbocycles. The number of hydrogen-bond donors (Lipinski definition) is 1. The lowest BCUT2D eigenvalue weighted by Gasteiger charge is -2.47. The molecule has 6 heteroatoms. The maximum absolute atomic E-state index is 11.6. The smallest absolute Gasteiger partial charge is 0.308 e. The van der Waals surface area contributed by atoms with E-state index >= 15 is 0 Å². The minimum absolute atomic E-state index is 0.115. The van der Waals surface area contributed by atoms with E-state index in [0.29, 0.717) is 5.75 Å². The molecule has 0 aromatic heterocycles. The minimum Gasteiger partial charge on any atom is -0.466 e. The van der Waals surface area contributed by atoms with Crippen molar-refractivity contribution in [2.45, 2.75) is 64.6 Å². The largest absolute Gasteiger partial charge is 0.466 e. The Morgan fingerprint density at radius 2 is 2.03 bits per heavy atom. The molecule has 0 amide bonds. The van der Waals surface area contributed by atoms with Crippen molar-refractivity contribution >= 4 is 22.9 Å². The second-order valence-corrected chi connectivity index (χ2v) is 10.7. The lowest BCUT2D eigenvalue weighted by molar-refractivity contribution is -0.131. The molecule has 33 heavy (non-hydrogen) atoms. The number of thioether (sulfide) groups is 1. The van der Waals surface area contributed by atoms with Crippen LogP contribution in [0.4, 0.5) is 0 Å². The van der Waals surface area contributed by atoms with Crippen LogP contribution in [0.25, 0.3) is 0 Å². The van der Waals surface area contributed by atoms with E-state index in [-0.39, 0.29) is 17.4 Å². The number of fused-ring (bicyclic) bond motifs is 1. The van der Waals surface area contributed by atoms with E-state index in [1.54, 1.807) is 11.8 Å². The predicted molar refractivity (Wildman–Crippen MR) is 135 cm³/mol. The number of esters is 1. The molecule has 2 aromatic rings. The summed E-state index contributed by atoms with van der Waals surface area (Å²) in [7, 11) is 0. The normalized spacial score (nSPS) is 23.1. The number of hydrogen-bond acceptors (Lipinski definition) is 6. The number of aryl methyl sites for hydroxylation is 2. The molecule has 0 bridgehead atoms. The van der Waals surface area contributed by atoms with Crippen molar-refractivity contribution < 1.29 is 14.3 Å². The molecule has 1 spiro atoms. The van der Waals surface area contributed by atoms with Gasteiger partial charge in [-0.2, -0.15) is 0 Å². The fourth-order valence-corrected chi connectivity index (χ4v) is 5.76. The topological polar surface area (TPSA) is 59.9 Å². The van der Waals surface area contributed by atoms with E-state index in [0.717, 1.165) is 40.6 Å². The first-order valence-corrected chi connectivity index (χ1v) is 12.3. The number of carbonyl (C=O) groups is 1. The second kappa shape index (κ2) is 8.90. The zero-order valence-electron chi connectivity index (χ0n) is 20.0. The molecule has 0 unspecified atom stereocenters. The number of rotatable bonds is 4. The fourth-order valence-electron chi connectivity index (χ4n) is 4.90. The van der Waals surface area contributed by atoms with Gasteiger partial charge in [-0.1, -0.05) is 47.7 Å². The number of amidine groups is 1. The number of ether oxygens (including phenoxy) is 2. The van der Waals surface area contributed by atoms with Crippen LogP contribution in [0.1, 0.15) is 61.8 Å². The lowest BCUT2D eigenvalue weighted by atomic mass is 9.76. The Labute approximate surface area is 200 Å². The van der Waals surface area contributed by atoms with Gasteiger partial charge in [0.25, 0.3) is 0 Å². The van der Waals surface area contributed by atoms with Crippen molar-refractivity contribution in [1.82, 2.24) is 5.32 Å². The van der Waals surface area contributed by atoms with E-state index in [9.17, 15) is 4.79 Å². The van der Waals surface area contributed by atoms with Crippen LogP contribution in [0.3, 0.4) is 0 Å². The van der Waals surface area contributed by atoms with Crippen molar-refractivity contribution in [3.05, 3.63) is 71.3 Å². The van der Waals surface area contributed by atoms with Crippen molar-refractivity contribution in [2.75, 3.05) is 5.75 Å². The number of nitrogens with zero attached hydrogens (tertiary/aromatic N) is 1. The maximum atomic E-state index is 11.6. The Kier molecular flexibility index (Phi) is 6.32. The standard InChI is InChI=1S/C27H32N2O3S/c1-7-12-33-25-28-26(5,6)16-27(29-25)15-22(20-10-8-17(2)9-11-20)24-18(3)13-21(31-19(4)30)14-23(24)32-27/h7-11,13-14,22H,1,12,15-16H2,2-6H3,(H,28,29)/t22-,27-/m0/s1. The Bertz CT molecular complexity index is 1110. The van der Waals surface area contributed by atoms with Crippen LogP contribution >= 0.6 is 11.8 Å². The lowest BCUT2D eigenvalue weighted by Crippen LogP contribution is -2.57. The Balaban J connectivity index is 1.86. The van der Waals surface area contributed by atoms with Crippen LogP contribution < -0.4 is 14.8 Å². The molecule has 0 saturated carbocycles. The number of nitrogens with one attached hydrogen (secondary N) is 1. The highest BCUT2D eigenvalue weighted by Gasteiger charge is 2.48. The van der Waals surface area contributed by atoms with Gasteiger partial charge in [0.05, 0.1) is 0 Å². The van der Waals surface area contributed by atoms with E-state index in [1.165, 1.54) is 18.1 Å². The van der Waals surface area contributed by atoms with Gasteiger partial charge in [-0.05, 0) is 44.9 Å². The molecule has 174 valence electrons. The third kappa shape index (κ3) is 5.11. The van der Waals surface area contributed by atoms with Gasteiger partial charge >= 0.3 is 5.97 Å². The highest BCUT2D eigenvalue weighted by molar-refractivity contribution is 8.13. The van der Waals surface area contributed by atoms with Crippen LogP contribution in [0.15, 0.2) is 54.0 Å². The predicted octanol–water partition coefficient (Wildman–Crippen LogP) is 5.89. The maximum Gasteiger partial charge on any atom is 0.308 e. The van der Waals surface area contributed by atoms with Gasteiger partial charge in [-0.15, -0.1) is 6.58 Å². The molecule has 0 fully saturated rings. The molecule has 2 aromatic carbocycles. The first kappa shape index (κ1) is 23.4. The molecule has 2 aliphatic rings. The molecular formula is C27H32N2O3S. The molecule has 2 heterocycles. The Hall–Kier alpha value is -2.73. The molecule has 0 saturated heterocycles. The third-order valence-corrected chi connectivity index (χ3v) is 6.91. The summed E-state index contributed by atoms with van der Waals surface area (Å²) in [6.07, 6.45) is 3.33. The SMILES string of the molecule is C=CCSC1=N[C@]2(C[C@@H](c3ccc(C)cc3)c3c(C)cc(OC(C)=O)cc3O2)CC(C)(C)N1. The first-order valence-electron chi connectivity index (χ1n) is 11.3. The zero-order valence-corrected chi connectivity index (χ0v) is 20.8. The van der Waals surface area contributed by atoms with E-state index < -0.39 is 5.72 Å². The van der Waals surface area contributed by atoms with Gasteiger partial charge in [0.2, 0.25) is 5.72 Å². The molecule has 2 aliphatic heterocycles. The average Bonchev–Trinajstić information content (AvgIpc) is 2.70. The van der Waals surface area contributed by atoms with E-state index in [2.05, 4.69) is 63.9 Å². The molecule has 0 radical (unpaired) electrons. The van der Waals surface area contributed by atoms with Gasteiger partial charge in [0.1, 0.15) is 11.5 Å². The van der Waals surface area contributed by atoms with Gasteiger partial charge in [0.15, 0.2) is 5.17 Å². The highest BCUT2D eigenvalue weighted by Crippen LogP contribution is 2.51. The Morgan fingerprint density at radius 1 is 1.30 bits per heavy atom. The van der Waals surface area contributed by atoms with Crippen molar-refractivity contribution in [1.29, 1.82) is 0 Å². The Morgan fingerprint density at radius 3 is 2.70 bits per heavy atom. The molecular weight excluding hydrogens is 432 g/mol. The quantitative estimate of drug-likeness (QED) is 0.347. The summed E-state index contributed by atoms with van der Waals surface area (Å²) in [5.41, 5.74) is 3.73. The molecule has 4 rings (SSSR count). The van der Waals surface area contributed by atoms with E-state index in [4.69, 9.17) is 14.5 Å². The molecule has 1 N–H and O–H groups in total. The van der Waals surface area contributed by atoms with Crippen LogP contribution in [0, 0.1) is 13.8 Å². The van der Waals surface area contributed by atoms with Gasteiger partial charge in [0, 0.05) is 48.6 Å². The van der Waals surface area contributed by atoms with Crippen molar-refractivity contribution in [3.8, 4) is 11.5 Å². The molecule has 5 nitrogen and oxygen atoms in total. The first-order chi connectivity index (χ1) is 15.6. The fraction of sp³-hybridized carbons (Fsp3) is 0.407. The van der Waals surface area contributed by atoms with Crippen molar-refractivity contribution in [3.63, 3.8) is 0 Å². The number of carbonyl (C=O) groups excluding carboxylic acids is 1. The van der Waals surface area contributed by atoms with Gasteiger partial charge in [-0.25, -0.2) is 4.99 Å². The van der Waals surface area contributed by atoms with Gasteiger partial charge in [-0.3, -0.25) is 4.79 Å². The summed E-state index contributed by atoms with van der Waals surface area (Å²) in [4.78, 5) is 16.7.